The van der Waals surface area contributed by atoms with Gasteiger partial charge in [0, 0.05) is 23.3 Å². The number of carbonyl (C=O) groups excluding carboxylic acids is 1. The molecule has 0 spiro atoms. The van der Waals surface area contributed by atoms with Crippen LogP contribution in [0.15, 0.2) is 83.5 Å². The Hall–Kier alpha value is -4.06. The average molecular weight is 382 g/mol. The Morgan fingerprint density at radius 2 is 1.90 bits per heavy atom. The highest BCUT2D eigenvalue weighted by Crippen LogP contribution is 2.28. The lowest BCUT2D eigenvalue weighted by Gasteiger charge is -2.06. The molecule has 6 nitrogen and oxygen atoms in total. The van der Waals surface area contributed by atoms with Crippen LogP contribution in [0.2, 0.25) is 0 Å². The molecular formula is C23H18N4O2. The molecule has 3 heterocycles. The van der Waals surface area contributed by atoms with E-state index in [-0.39, 0.29) is 5.91 Å². The molecule has 0 bridgehead atoms. The highest BCUT2D eigenvalue weighted by molar-refractivity contribution is 6.11. The largest absolute Gasteiger partial charge is 0.460 e. The number of para-hydroxylation sites is 1. The Morgan fingerprint density at radius 1 is 1.03 bits per heavy atom. The van der Waals surface area contributed by atoms with Crippen molar-refractivity contribution in [3.8, 4) is 17.1 Å². The summed E-state index contributed by atoms with van der Waals surface area (Å²) < 4.78 is 7.45. The molecule has 0 fully saturated rings. The number of rotatable bonds is 4. The van der Waals surface area contributed by atoms with Crippen molar-refractivity contribution in [3.05, 3.63) is 90.4 Å². The molecule has 0 unspecified atom stereocenters. The third kappa shape index (κ3) is 3.10. The molecule has 29 heavy (non-hydrogen) atoms. The molecule has 0 aliphatic carbocycles. The number of anilines is 1. The standard InChI is InChI=1S/C23H18N4O2/c1-15-10-11-21(29-15)22-18(14-27(26-22)16-6-3-2-4-7-16)23(28)25-20-9-5-8-19-17(20)12-13-24-19/h2-14,24H,1H3,(H,25,28). The summed E-state index contributed by atoms with van der Waals surface area (Å²) in [4.78, 5) is 16.4. The van der Waals surface area contributed by atoms with Crippen LogP contribution in [0.4, 0.5) is 5.69 Å². The van der Waals surface area contributed by atoms with Gasteiger partial charge in [-0.3, -0.25) is 4.79 Å². The van der Waals surface area contributed by atoms with E-state index in [0.717, 1.165) is 28.0 Å². The van der Waals surface area contributed by atoms with E-state index in [1.807, 2.05) is 79.9 Å². The van der Waals surface area contributed by atoms with Gasteiger partial charge in [-0.15, -0.1) is 0 Å². The van der Waals surface area contributed by atoms with Crippen molar-refractivity contribution in [3.63, 3.8) is 0 Å². The van der Waals surface area contributed by atoms with Crippen molar-refractivity contribution in [2.75, 3.05) is 5.32 Å². The van der Waals surface area contributed by atoms with Crippen LogP contribution in [0, 0.1) is 6.92 Å². The Kier molecular flexibility index (Phi) is 4.02. The summed E-state index contributed by atoms with van der Waals surface area (Å²) in [6, 6.07) is 21.1. The van der Waals surface area contributed by atoms with Crippen LogP contribution in [0.3, 0.4) is 0 Å². The van der Waals surface area contributed by atoms with Gasteiger partial charge in [0.1, 0.15) is 11.5 Å². The fourth-order valence-electron chi connectivity index (χ4n) is 3.38. The van der Waals surface area contributed by atoms with Gasteiger partial charge in [0.15, 0.2) is 5.76 Å². The lowest BCUT2D eigenvalue weighted by Crippen LogP contribution is -2.12. The first-order valence-corrected chi connectivity index (χ1v) is 9.28. The predicted octanol–water partition coefficient (Wildman–Crippen LogP) is 5.17. The smallest absolute Gasteiger partial charge is 0.259 e. The average Bonchev–Trinajstić information content (AvgIpc) is 3.48. The van der Waals surface area contributed by atoms with Gasteiger partial charge in [-0.1, -0.05) is 24.3 Å². The first-order chi connectivity index (χ1) is 14.2. The number of H-pyrrole nitrogens is 1. The summed E-state index contributed by atoms with van der Waals surface area (Å²) in [5.41, 5.74) is 3.51. The Morgan fingerprint density at radius 3 is 2.69 bits per heavy atom. The first-order valence-electron chi connectivity index (χ1n) is 9.28. The van der Waals surface area contributed by atoms with E-state index < -0.39 is 0 Å². The second-order valence-corrected chi connectivity index (χ2v) is 6.78. The topological polar surface area (TPSA) is 75.8 Å². The second kappa shape index (κ2) is 6.83. The van der Waals surface area contributed by atoms with E-state index in [0.29, 0.717) is 17.0 Å². The Bertz CT molecular complexity index is 1310. The first kappa shape index (κ1) is 17.1. The van der Waals surface area contributed by atoms with Crippen LogP contribution in [0.5, 0.6) is 0 Å². The maximum absolute atomic E-state index is 13.2. The van der Waals surface area contributed by atoms with Gasteiger partial charge in [0.25, 0.3) is 5.91 Å². The van der Waals surface area contributed by atoms with Gasteiger partial charge in [0.05, 0.1) is 16.9 Å². The quantitative estimate of drug-likeness (QED) is 0.450. The normalized spacial score (nSPS) is 11.1. The van der Waals surface area contributed by atoms with Gasteiger partial charge in [-0.05, 0) is 49.4 Å². The van der Waals surface area contributed by atoms with Gasteiger partial charge in [-0.2, -0.15) is 5.10 Å². The van der Waals surface area contributed by atoms with E-state index in [9.17, 15) is 4.79 Å². The summed E-state index contributed by atoms with van der Waals surface area (Å²) in [5, 5.41) is 8.60. The molecule has 0 aliphatic rings. The van der Waals surface area contributed by atoms with E-state index in [1.165, 1.54) is 0 Å². The number of nitrogens with one attached hydrogen (secondary N) is 2. The summed E-state index contributed by atoms with van der Waals surface area (Å²) in [6.07, 6.45) is 3.58. The maximum Gasteiger partial charge on any atom is 0.259 e. The molecule has 0 aliphatic heterocycles. The highest BCUT2D eigenvalue weighted by atomic mass is 16.3. The number of carbonyl (C=O) groups is 1. The lowest BCUT2D eigenvalue weighted by molar-refractivity contribution is 0.102. The molecule has 142 valence electrons. The number of hydrogen-bond acceptors (Lipinski definition) is 3. The van der Waals surface area contributed by atoms with Crippen molar-refractivity contribution in [1.29, 1.82) is 0 Å². The summed E-state index contributed by atoms with van der Waals surface area (Å²) in [7, 11) is 0. The third-order valence-corrected chi connectivity index (χ3v) is 4.80. The van der Waals surface area contributed by atoms with Gasteiger partial charge in [-0.25, -0.2) is 4.68 Å². The zero-order chi connectivity index (χ0) is 19.8. The number of hydrogen-bond donors (Lipinski definition) is 2. The molecule has 3 aromatic heterocycles. The maximum atomic E-state index is 13.2. The van der Waals surface area contributed by atoms with Crippen molar-refractivity contribution < 1.29 is 9.21 Å². The predicted molar refractivity (Wildman–Crippen MR) is 112 cm³/mol. The van der Waals surface area contributed by atoms with Gasteiger partial charge in [0.2, 0.25) is 0 Å². The number of furan rings is 1. The Balaban J connectivity index is 1.58. The molecule has 5 rings (SSSR count). The third-order valence-electron chi connectivity index (χ3n) is 4.80. The molecule has 1 amide bonds. The number of aromatic nitrogens is 3. The van der Waals surface area contributed by atoms with Gasteiger partial charge >= 0.3 is 0 Å². The van der Waals surface area contributed by atoms with Crippen LogP contribution >= 0.6 is 0 Å². The zero-order valence-corrected chi connectivity index (χ0v) is 15.7. The van der Waals surface area contributed by atoms with Crippen molar-refractivity contribution in [1.82, 2.24) is 14.8 Å². The van der Waals surface area contributed by atoms with E-state index in [2.05, 4.69) is 15.4 Å². The molecule has 0 saturated carbocycles. The van der Waals surface area contributed by atoms with Crippen molar-refractivity contribution >= 4 is 22.5 Å². The van der Waals surface area contributed by atoms with E-state index in [1.54, 1.807) is 10.9 Å². The summed E-state index contributed by atoms with van der Waals surface area (Å²) in [5.74, 6) is 1.07. The number of aryl methyl sites for hydroxylation is 1. The number of nitrogens with zero attached hydrogens (tertiary/aromatic N) is 2. The Labute approximate surface area is 166 Å². The number of benzene rings is 2. The van der Waals surface area contributed by atoms with E-state index >= 15 is 0 Å². The molecule has 5 aromatic rings. The number of aromatic amines is 1. The fraction of sp³-hybridized carbons (Fsp3) is 0.0435. The number of amides is 1. The minimum Gasteiger partial charge on any atom is -0.460 e. The van der Waals surface area contributed by atoms with Crippen LogP contribution in [0.25, 0.3) is 28.0 Å². The minimum absolute atomic E-state index is 0.245. The molecule has 2 aromatic carbocycles. The number of fused-ring (bicyclic) bond motifs is 1. The van der Waals surface area contributed by atoms with Gasteiger partial charge < -0.3 is 14.7 Å². The van der Waals surface area contributed by atoms with E-state index in [4.69, 9.17) is 4.42 Å². The molecule has 0 radical (unpaired) electrons. The highest BCUT2D eigenvalue weighted by Gasteiger charge is 2.21. The minimum atomic E-state index is -0.245. The lowest BCUT2D eigenvalue weighted by atomic mass is 10.1. The summed E-state index contributed by atoms with van der Waals surface area (Å²) in [6.45, 7) is 1.87. The van der Waals surface area contributed by atoms with Crippen LogP contribution < -0.4 is 5.32 Å². The second-order valence-electron chi connectivity index (χ2n) is 6.78. The van der Waals surface area contributed by atoms with Crippen molar-refractivity contribution in [2.24, 2.45) is 0 Å². The van der Waals surface area contributed by atoms with Crippen molar-refractivity contribution in [2.45, 2.75) is 6.92 Å². The summed E-state index contributed by atoms with van der Waals surface area (Å²) >= 11 is 0. The molecular weight excluding hydrogens is 364 g/mol. The molecule has 0 saturated heterocycles. The van der Waals surface area contributed by atoms with Crippen LogP contribution in [0.1, 0.15) is 16.1 Å². The van der Waals surface area contributed by atoms with Crippen LogP contribution in [-0.2, 0) is 0 Å². The SMILES string of the molecule is Cc1ccc(-c2nn(-c3ccccc3)cc2C(=O)Nc2cccc3[nH]ccc23)o1. The fourth-order valence-corrected chi connectivity index (χ4v) is 3.38. The zero-order valence-electron chi connectivity index (χ0n) is 15.7. The molecule has 6 heteroatoms. The van der Waals surface area contributed by atoms with Crippen LogP contribution in [-0.4, -0.2) is 20.7 Å². The monoisotopic (exact) mass is 382 g/mol. The molecule has 0 atom stereocenters. The molecule has 2 N–H and O–H groups in total.